The Balaban J connectivity index is 0.00000204. The third-order valence-electron chi connectivity index (χ3n) is 5.35. The monoisotopic (exact) mass is 447 g/mol. The largest absolute Gasteiger partial charge is 0.347 e. The quantitative estimate of drug-likeness (QED) is 0.421. The van der Waals surface area contributed by atoms with E-state index in [0.717, 1.165) is 23.9 Å². The lowest BCUT2D eigenvalue weighted by molar-refractivity contribution is -0.123. The van der Waals surface area contributed by atoms with E-state index in [0.29, 0.717) is 12.5 Å². The van der Waals surface area contributed by atoms with Crippen LogP contribution in [0.25, 0.3) is 10.9 Å². The summed E-state index contributed by atoms with van der Waals surface area (Å²) in [5.74, 6) is -5.75. The molecule has 2 aromatic heterocycles. The second kappa shape index (κ2) is 8.43. The zero-order chi connectivity index (χ0) is 23.0. The van der Waals surface area contributed by atoms with Gasteiger partial charge in [-0.25, -0.2) is 17.6 Å². The third-order valence-corrected chi connectivity index (χ3v) is 5.35. The molecule has 0 bridgehead atoms. The lowest BCUT2D eigenvalue weighted by Crippen LogP contribution is -2.35. The zero-order valence-electron chi connectivity index (χ0n) is 16.8. The number of rotatable bonds is 6. The van der Waals surface area contributed by atoms with Crippen LogP contribution in [0, 0.1) is 23.3 Å². The number of carbonyl (C=O) groups excluding carboxylic acids is 1. The van der Waals surface area contributed by atoms with Crippen molar-refractivity contribution in [2.75, 3.05) is 0 Å². The Morgan fingerprint density at radius 3 is 2.66 bits per heavy atom. The number of nitrogens with one attached hydrogen (secondary N) is 2. The number of hydrogen-bond acceptors (Lipinski definition) is 3. The maximum Gasteiger partial charge on any atom is 0.252 e. The summed E-state index contributed by atoms with van der Waals surface area (Å²) >= 11 is 0. The first-order chi connectivity index (χ1) is 15.2. The van der Waals surface area contributed by atoms with Gasteiger partial charge in [0.1, 0.15) is 11.6 Å². The van der Waals surface area contributed by atoms with Crippen molar-refractivity contribution in [2.45, 2.75) is 31.7 Å². The highest BCUT2D eigenvalue weighted by molar-refractivity contribution is 5.87. The van der Waals surface area contributed by atoms with Crippen LogP contribution in [-0.4, -0.2) is 15.9 Å². The van der Waals surface area contributed by atoms with Gasteiger partial charge in [0.15, 0.2) is 11.6 Å². The Labute approximate surface area is 182 Å². The Morgan fingerprint density at radius 2 is 2.00 bits per heavy atom. The number of H-pyrrole nitrogens is 1. The number of amides is 1. The van der Waals surface area contributed by atoms with Crippen LogP contribution in [0.15, 0.2) is 52.6 Å². The van der Waals surface area contributed by atoms with Gasteiger partial charge >= 0.3 is 0 Å². The van der Waals surface area contributed by atoms with Crippen molar-refractivity contribution < 1.29 is 25.2 Å². The number of nitrogens with zero attached hydrogens (tertiary/aromatic N) is 1. The summed E-state index contributed by atoms with van der Waals surface area (Å²) in [6, 6.07) is 2.99. The number of carbonyl (C=O) groups is 1. The molecule has 1 amide bonds. The number of aromatic nitrogens is 2. The number of halogens is 4. The molecule has 3 aromatic rings. The maximum absolute atomic E-state index is 14.3. The Bertz CT molecular complexity index is 1370. The van der Waals surface area contributed by atoms with Gasteiger partial charge < -0.3 is 10.3 Å². The molecule has 2 heterocycles. The van der Waals surface area contributed by atoms with Crippen molar-refractivity contribution in [2.24, 2.45) is 0 Å². The van der Waals surface area contributed by atoms with E-state index in [9.17, 15) is 27.2 Å². The van der Waals surface area contributed by atoms with Gasteiger partial charge in [0.05, 0.1) is 29.4 Å². The molecule has 0 saturated carbocycles. The highest BCUT2D eigenvalue weighted by Crippen LogP contribution is 2.29. The molecule has 0 aliphatic heterocycles. The predicted octanol–water partition coefficient (Wildman–Crippen LogP) is 4.81. The normalized spacial score (nSPS) is 14.6. The van der Waals surface area contributed by atoms with Crippen LogP contribution in [0.3, 0.4) is 0 Å². The Kier molecular flexibility index (Phi) is 5.67. The van der Waals surface area contributed by atoms with Crippen molar-refractivity contribution in [3.63, 3.8) is 0 Å². The molecular formula is C23H21F4N3O2. The fourth-order valence-corrected chi connectivity index (χ4v) is 3.60. The highest BCUT2D eigenvalue weighted by atomic mass is 19.2. The summed E-state index contributed by atoms with van der Waals surface area (Å²) < 4.78 is 55.2. The SMILES string of the molecule is C[C@@H](NC(=O)[C@H](CC1=C=CC1)c1cc2c(F)c(F)ccc2[nH]c1=O)c1ncc(F)cc1F.[HH].[HH]. The first-order valence-electron chi connectivity index (χ1n) is 9.79. The number of pyridine rings is 2. The van der Waals surface area contributed by atoms with Gasteiger partial charge in [0.2, 0.25) is 5.91 Å². The fourth-order valence-electron chi connectivity index (χ4n) is 3.60. The summed E-state index contributed by atoms with van der Waals surface area (Å²) in [4.78, 5) is 32.0. The lowest BCUT2D eigenvalue weighted by Gasteiger charge is -2.22. The second-order valence-corrected chi connectivity index (χ2v) is 7.54. The number of fused-ring (bicyclic) bond motifs is 1. The summed E-state index contributed by atoms with van der Waals surface area (Å²) in [7, 11) is 0. The first kappa shape index (κ1) is 21.5. The summed E-state index contributed by atoms with van der Waals surface area (Å²) in [5, 5.41) is 2.40. The van der Waals surface area contributed by atoms with E-state index < -0.39 is 46.7 Å². The van der Waals surface area contributed by atoms with Gasteiger partial charge in [-0.3, -0.25) is 14.6 Å². The molecule has 0 spiro atoms. The van der Waals surface area contributed by atoms with E-state index in [1.54, 1.807) is 6.08 Å². The smallest absolute Gasteiger partial charge is 0.252 e. The summed E-state index contributed by atoms with van der Waals surface area (Å²) in [6.07, 6.45) is 3.26. The molecule has 1 aliphatic rings. The van der Waals surface area contributed by atoms with Gasteiger partial charge in [0.25, 0.3) is 5.56 Å². The number of hydrogen-bond donors (Lipinski definition) is 2. The molecule has 0 fully saturated rings. The van der Waals surface area contributed by atoms with Crippen LogP contribution >= 0.6 is 0 Å². The average molecular weight is 447 g/mol. The minimum absolute atomic E-state index is 0. The minimum Gasteiger partial charge on any atom is -0.347 e. The number of aromatic amines is 1. The van der Waals surface area contributed by atoms with Crippen LogP contribution in [0.4, 0.5) is 17.6 Å². The number of benzene rings is 1. The average Bonchev–Trinajstić information content (AvgIpc) is 2.70. The molecule has 168 valence electrons. The molecule has 5 nitrogen and oxygen atoms in total. The van der Waals surface area contributed by atoms with E-state index in [1.807, 2.05) is 0 Å². The molecule has 0 saturated heterocycles. The molecule has 9 heteroatoms. The van der Waals surface area contributed by atoms with Gasteiger partial charge in [-0.2, -0.15) is 0 Å². The fraction of sp³-hybridized carbons (Fsp3) is 0.217. The van der Waals surface area contributed by atoms with E-state index in [1.165, 1.54) is 13.0 Å². The minimum atomic E-state index is -1.15. The van der Waals surface area contributed by atoms with Crippen molar-refractivity contribution >= 4 is 16.8 Å². The van der Waals surface area contributed by atoms with E-state index in [2.05, 4.69) is 21.0 Å². The molecule has 2 atom stereocenters. The maximum atomic E-state index is 14.3. The van der Waals surface area contributed by atoms with Crippen LogP contribution in [0.5, 0.6) is 0 Å². The second-order valence-electron chi connectivity index (χ2n) is 7.54. The Morgan fingerprint density at radius 1 is 1.25 bits per heavy atom. The van der Waals surface area contributed by atoms with Crippen molar-refractivity contribution in [3.05, 3.63) is 92.7 Å². The van der Waals surface area contributed by atoms with Crippen LogP contribution in [0.2, 0.25) is 0 Å². The molecule has 1 aliphatic carbocycles. The molecule has 32 heavy (non-hydrogen) atoms. The van der Waals surface area contributed by atoms with Gasteiger partial charge in [-0.05, 0) is 43.2 Å². The van der Waals surface area contributed by atoms with Gasteiger partial charge in [-0.1, -0.05) is 0 Å². The third kappa shape index (κ3) is 4.07. The van der Waals surface area contributed by atoms with Crippen molar-refractivity contribution in [1.29, 1.82) is 0 Å². The van der Waals surface area contributed by atoms with E-state index >= 15 is 0 Å². The van der Waals surface area contributed by atoms with Gasteiger partial charge in [0, 0.05) is 26.3 Å². The zero-order valence-corrected chi connectivity index (χ0v) is 16.8. The van der Waals surface area contributed by atoms with Crippen LogP contribution < -0.4 is 10.9 Å². The predicted molar refractivity (Wildman–Crippen MR) is 113 cm³/mol. The lowest BCUT2D eigenvalue weighted by atomic mass is 9.87. The van der Waals surface area contributed by atoms with Gasteiger partial charge in [-0.15, -0.1) is 5.73 Å². The first-order valence-corrected chi connectivity index (χ1v) is 9.79. The van der Waals surface area contributed by atoms with Crippen molar-refractivity contribution in [3.8, 4) is 0 Å². The molecule has 0 unspecified atom stereocenters. The highest BCUT2D eigenvalue weighted by Gasteiger charge is 2.28. The standard InChI is InChI=1S/C23H17F4N3O2.2H2/c1-11(21-18(26)8-13(24)10-28-21)29-22(31)14(7-12-3-2-4-12)15-9-16-19(30-23(15)32)6-5-17(25)20(16)27;;/h2,5-6,8-11,14H,3,7H2,1H3,(H,29,31)(H,30,32);2*1H/t11-,14-;;/m1../s1. The summed E-state index contributed by atoms with van der Waals surface area (Å²) in [6.45, 7) is 1.46. The molecular weight excluding hydrogens is 426 g/mol. The molecule has 1 aromatic carbocycles. The molecule has 2 N–H and O–H groups in total. The van der Waals surface area contributed by atoms with Crippen LogP contribution in [-0.2, 0) is 4.79 Å². The van der Waals surface area contributed by atoms with Crippen molar-refractivity contribution in [1.82, 2.24) is 15.3 Å². The summed E-state index contributed by atoms with van der Waals surface area (Å²) in [5.41, 5.74) is 2.90. The Hall–Kier alpha value is -3.71. The number of allylic oxidation sites excluding steroid dienone is 1. The molecule has 4 rings (SSSR count). The topological polar surface area (TPSA) is 74.8 Å². The van der Waals surface area contributed by atoms with Crippen LogP contribution in [0.1, 0.15) is 45.8 Å². The van der Waals surface area contributed by atoms with E-state index in [4.69, 9.17) is 0 Å². The van der Waals surface area contributed by atoms with E-state index in [-0.39, 0.29) is 31.4 Å². The molecule has 0 radical (unpaired) electrons.